The lowest BCUT2D eigenvalue weighted by atomic mass is 10.3. The molecule has 1 rings (SSSR count). The van der Waals surface area contributed by atoms with Gasteiger partial charge < -0.3 is 4.98 Å². The third kappa shape index (κ3) is 1.92. The van der Waals surface area contributed by atoms with Crippen molar-refractivity contribution in [3.8, 4) is 6.07 Å². The van der Waals surface area contributed by atoms with E-state index < -0.39 is 17.5 Å². The predicted molar refractivity (Wildman–Crippen MR) is 44.4 cm³/mol. The van der Waals surface area contributed by atoms with Gasteiger partial charge in [0.2, 0.25) is 0 Å². The molecular formula is C7H3BrF2N2O. The van der Waals surface area contributed by atoms with E-state index in [-0.39, 0.29) is 10.2 Å². The molecule has 0 atom stereocenters. The van der Waals surface area contributed by atoms with E-state index >= 15 is 0 Å². The number of pyridine rings is 1. The van der Waals surface area contributed by atoms with E-state index in [1.165, 1.54) is 0 Å². The van der Waals surface area contributed by atoms with Gasteiger partial charge in [-0.05, 0) is 15.9 Å². The summed E-state index contributed by atoms with van der Waals surface area (Å²) >= 11 is 2.81. The summed E-state index contributed by atoms with van der Waals surface area (Å²) < 4.78 is 24.2. The molecule has 0 amide bonds. The number of H-pyrrole nitrogens is 1. The van der Waals surface area contributed by atoms with Crippen molar-refractivity contribution >= 4 is 15.9 Å². The standard InChI is InChI=1S/C7H3BrF2N2O/c8-6-4(2-11)12-3(7(9)10)1-5(6)13/h1,7H,(H,12,13). The Balaban J connectivity index is 3.42. The molecular weight excluding hydrogens is 246 g/mol. The van der Waals surface area contributed by atoms with Gasteiger partial charge in [-0.2, -0.15) is 5.26 Å². The number of hydrogen-bond donors (Lipinski definition) is 1. The largest absolute Gasteiger partial charge is 0.344 e. The molecule has 0 bridgehead atoms. The molecule has 3 nitrogen and oxygen atoms in total. The summed E-state index contributed by atoms with van der Waals surface area (Å²) in [5.74, 6) is 0. The van der Waals surface area contributed by atoms with Crippen LogP contribution < -0.4 is 5.43 Å². The lowest BCUT2D eigenvalue weighted by Gasteiger charge is -2.00. The normalized spacial score (nSPS) is 10.1. The molecule has 0 unspecified atom stereocenters. The van der Waals surface area contributed by atoms with E-state index in [0.29, 0.717) is 0 Å². The lowest BCUT2D eigenvalue weighted by molar-refractivity contribution is 0.146. The summed E-state index contributed by atoms with van der Waals surface area (Å²) in [6, 6.07) is 2.36. The van der Waals surface area contributed by atoms with Crippen molar-refractivity contribution in [2.45, 2.75) is 6.43 Å². The van der Waals surface area contributed by atoms with Crippen LogP contribution in [0.15, 0.2) is 15.3 Å². The molecule has 1 N–H and O–H groups in total. The van der Waals surface area contributed by atoms with Gasteiger partial charge in [-0.3, -0.25) is 4.79 Å². The van der Waals surface area contributed by atoms with E-state index in [1.54, 1.807) is 6.07 Å². The highest BCUT2D eigenvalue weighted by molar-refractivity contribution is 9.10. The summed E-state index contributed by atoms with van der Waals surface area (Å²) in [5.41, 5.74) is -1.38. The number of hydrogen-bond acceptors (Lipinski definition) is 2. The summed E-state index contributed by atoms with van der Waals surface area (Å²) in [6.45, 7) is 0. The maximum atomic E-state index is 12.1. The molecule has 6 heteroatoms. The second-order valence-corrected chi connectivity index (χ2v) is 2.98. The van der Waals surface area contributed by atoms with Crippen LogP contribution in [0.5, 0.6) is 0 Å². The Hall–Kier alpha value is -1.22. The molecule has 0 saturated heterocycles. The minimum atomic E-state index is -2.78. The third-order valence-electron chi connectivity index (χ3n) is 1.34. The first-order valence-corrected chi connectivity index (χ1v) is 3.96. The molecule has 0 aliphatic carbocycles. The van der Waals surface area contributed by atoms with E-state index in [1.807, 2.05) is 0 Å². The molecule has 0 saturated carbocycles. The number of aromatic nitrogens is 1. The second-order valence-electron chi connectivity index (χ2n) is 2.19. The summed E-state index contributed by atoms with van der Waals surface area (Å²) in [6.07, 6.45) is -2.78. The van der Waals surface area contributed by atoms with Gasteiger partial charge in [0.05, 0.1) is 10.2 Å². The van der Waals surface area contributed by atoms with Gasteiger partial charge in [-0.15, -0.1) is 0 Å². The molecule has 0 radical (unpaired) electrons. The monoisotopic (exact) mass is 248 g/mol. The number of rotatable bonds is 1. The topological polar surface area (TPSA) is 56.6 Å². The maximum absolute atomic E-state index is 12.1. The van der Waals surface area contributed by atoms with E-state index in [9.17, 15) is 13.6 Å². The van der Waals surface area contributed by atoms with E-state index in [2.05, 4.69) is 20.9 Å². The smallest absolute Gasteiger partial charge is 0.278 e. The average Bonchev–Trinajstić information content (AvgIpc) is 2.09. The van der Waals surface area contributed by atoms with Crippen molar-refractivity contribution in [1.82, 2.24) is 4.98 Å². The first-order valence-electron chi connectivity index (χ1n) is 3.17. The Morgan fingerprint density at radius 2 is 2.23 bits per heavy atom. The van der Waals surface area contributed by atoms with Crippen LogP contribution in [0.4, 0.5) is 8.78 Å². The highest BCUT2D eigenvalue weighted by Crippen LogP contribution is 2.17. The number of nitrogens with zero attached hydrogens (tertiary/aromatic N) is 1. The molecule has 0 fully saturated rings. The number of nitrogens with one attached hydrogen (secondary N) is 1. The van der Waals surface area contributed by atoms with Crippen LogP contribution in [0.3, 0.4) is 0 Å². The zero-order valence-electron chi connectivity index (χ0n) is 6.14. The lowest BCUT2D eigenvalue weighted by Crippen LogP contribution is -2.08. The first-order chi connectivity index (χ1) is 6.06. The Kier molecular flexibility index (Phi) is 2.78. The number of halogens is 3. The fourth-order valence-electron chi connectivity index (χ4n) is 0.758. The second kappa shape index (κ2) is 3.66. The number of nitriles is 1. The van der Waals surface area contributed by atoms with Gasteiger partial charge in [-0.25, -0.2) is 8.78 Å². The molecule has 68 valence electrons. The molecule has 0 aliphatic rings. The molecule has 1 aromatic rings. The van der Waals surface area contributed by atoms with Crippen molar-refractivity contribution in [3.63, 3.8) is 0 Å². The minimum Gasteiger partial charge on any atom is -0.344 e. The molecule has 0 aromatic carbocycles. The number of aromatic amines is 1. The molecule has 1 heterocycles. The van der Waals surface area contributed by atoms with Crippen LogP contribution >= 0.6 is 15.9 Å². The first kappa shape index (κ1) is 9.86. The van der Waals surface area contributed by atoms with Gasteiger partial charge in [-0.1, -0.05) is 0 Å². The fraction of sp³-hybridized carbons (Fsp3) is 0.143. The van der Waals surface area contributed by atoms with Crippen LogP contribution in [-0.2, 0) is 0 Å². The van der Waals surface area contributed by atoms with Crippen molar-refractivity contribution in [3.05, 3.63) is 32.2 Å². The van der Waals surface area contributed by atoms with Crippen LogP contribution in [0.2, 0.25) is 0 Å². The zero-order chi connectivity index (χ0) is 10.0. The highest BCUT2D eigenvalue weighted by Gasteiger charge is 2.12. The Labute approximate surface area is 80.1 Å². The Morgan fingerprint density at radius 1 is 1.62 bits per heavy atom. The Bertz CT molecular complexity index is 421. The van der Waals surface area contributed by atoms with Crippen LogP contribution in [0.25, 0.3) is 0 Å². The van der Waals surface area contributed by atoms with Gasteiger partial charge in [0, 0.05) is 6.07 Å². The van der Waals surface area contributed by atoms with E-state index in [0.717, 1.165) is 6.07 Å². The fourth-order valence-corrected chi connectivity index (χ4v) is 1.06. The third-order valence-corrected chi connectivity index (χ3v) is 2.13. The summed E-state index contributed by atoms with van der Waals surface area (Å²) in [5, 5.41) is 8.45. The van der Waals surface area contributed by atoms with Gasteiger partial charge in [0.15, 0.2) is 5.43 Å². The molecule has 0 aliphatic heterocycles. The van der Waals surface area contributed by atoms with Crippen LogP contribution in [-0.4, -0.2) is 4.98 Å². The van der Waals surface area contributed by atoms with Crippen molar-refractivity contribution in [2.24, 2.45) is 0 Å². The molecule has 1 aromatic heterocycles. The van der Waals surface area contributed by atoms with Crippen LogP contribution in [0, 0.1) is 11.3 Å². The quantitative estimate of drug-likeness (QED) is 0.826. The van der Waals surface area contributed by atoms with Crippen LogP contribution in [0.1, 0.15) is 17.8 Å². The highest BCUT2D eigenvalue weighted by atomic mass is 79.9. The summed E-state index contributed by atoms with van der Waals surface area (Å²) in [4.78, 5) is 13.1. The van der Waals surface area contributed by atoms with E-state index in [4.69, 9.17) is 5.26 Å². The SMILES string of the molecule is N#Cc1[nH]c(C(F)F)cc(=O)c1Br. The maximum Gasteiger partial charge on any atom is 0.278 e. The zero-order valence-corrected chi connectivity index (χ0v) is 7.73. The summed E-state index contributed by atoms with van der Waals surface area (Å²) in [7, 11) is 0. The molecule has 0 spiro atoms. The average molecular weight is 249 g/mol. The minimum absolute atomic E-state index is 0.0283. The Morgan fingerprint density at radius 3 is 2.69 bits per heavy atom. The number of alkyl halides is 2. The van der Waals surface area contributed by atoms with Crippen molar-refractivity contribution < 1.29 is 8.78 Å². The van der Waals surface area contributed by atoms with Crippen molar-refractivity contribution in [1.29, 1.82) is 5.26 Å². The van der Waals surface area contributed by atoms with Gasteiger partial charge in [0.1, 0.15) is 11.8 Å². The van der Waals surface area contributed by atoms with Gasteiger partial charge >= 0.3 is 0 Å². The van der Waals surface area contributed by atoms with Crippen molar-refractivity contribution in [2.75, 3.05) is 0 Å². The predicted octanol–water partition coefficient (Wildman–Crippen LogP) is 1.95. The molecule has 13 heavy (non-hydrogen) atoms. The van der Waals surface area contributed by atoms with Gasteiger partial charge in [0.25, 0.3) is 6.43 Å².